The van der Waals surface area contributed by atoms with Gasteiger partial charge in [-0.2, -0.15) is 0 Å². The maximum Gasteiger partial charge on any atom is 0.0732 e. The van der Waals surface area contributed by atoms with Gasteiger partial charge in [0, 0.05) is 5.92 Å². The van der Waals surface area contributed by atoms with E-state index >= 15 is 0 Å². The number of nitrogens with zero attached hydrogens (tertiary/aromatic N) is 3. The van der Waals surface area contributed by atoms with Crippen molar-refractivity contribution in [2.75, 3.05) is 13.1 Å². The van der Waals surface area contributed by atoms with Gasteiger partial charge in [0.15, 0.2) is 0 Å². The number of hydrogen-bond acceptors (Lipinski definition) is 3. The molecule has 1 fully saturated rings. The Balaban J connectivity index is 1.96. The van der Waals surface area contributed by atoms with E-state index in [1.54, 1.807) is 0 Å². The van der Waals surface area contributed by atoms with E-state index in [0.717, 1.165) is 25.2 Å². The number of hydrogen-bond donors (Lipinski definition) is 1. The van der Waals surface area contributed by atoms with E-state index in [4.69, 9.17) is 0 Å². The molecule has 1 aliphatic rings. The molecule has 1 aromatic carbocycles. The minimum atomic E-state index is 0.543. The first-order chi connectivity index (χ1) is 8.86. The first-order valence-electron chi connectivity index (χ1n) is 6.53. The molecule has 4 nitrogen and oxygen atoms in total. The van der Waals surface area contributed by atoms with Crippen LogP contribution in [0.2, 0.25) is 0 Å². The highest BCUT2D eigenvalue weighted by atomic mass is 15.4. The molecule has 0 amide bonds. The molecule has 94 valence electrons. The van der Waals surface area contributed by atoms with Crippen LogP contribution < -0.4 is 5.32 Å². The molecule has 2 unspecified atom stereocenters. The zero-order valence-electron chi connectivity index (χ0n) is 10.6. The van der Waals surface area contributed by atoms with Crippen LogP contribution in [0, 0.1) is 5.92 Å². The smallest absolute Gasteiger partial charge is 0.0732 e. The Morgan fingerprint density at radius 1 is 1.28 bits per heavy atom. The van der Waals surface area contributed by atoms with Crippen LogP contribution in [0.5, 0.6) is 0 Å². The van der Waals surface area contributed by atoms with Gasteiger partial charge in [0.05, 0.1) is 17.6 Å². The molecule has 0 bridgehead atoms. The average molecular weight is 242 g/mol. The maximum absolute atomic E-state index is 4.24. The van der Waals surface area contributed by atoms with Gasteiger partial charge in [-0.15, -0.1) is 5.10 Å². The maximum atomic E-state index is 4.24. The van der Waals surface area contributed by atoms with E-state index in [1.165, 1.54) is 5.69 Å². The summed E-state index contributed by atoms with van der Waals surface area (Å²) in [5.74, 6) is 1.17. The van der Waals surface area contributed by atoms with E-state index in [0.29, 0.717) is 11.8 Å². The largest absolute Gasteiger partial charge is 0.316 e. The van der Waals surface area contributed by atoms with Crippen LogP contribution in [-0.2, 0) is 0 Å². The molecular formula is C14H18N4. The summed E-state index contributed by atoms with van der Waals surface area (Å²) >= 11 is 0. The van der Waals surface area contributed by atoms with Crippen molar-refractivity contribution in [3.63, 3.8) is 0 Å². The Kier molecular flexibility index (Phi) is 3.11. The van der Waals surface area contributed by atoms with E-state index in [2.05, 4.69) is 34.7 Å². The molecule has 1 aliphatic heterocycles. The fraction of sp³-hybridized carbons (Fsp3) is 0.429. The lowest BCUT2D eigenvalue weighted by molar-refractivity contribution is 0.339. The zero-order valence-corrected chi connectivity index (χ0v) is 10.6. The summed E-state index contributed by atoms with van der Waals surface area (Å²) in [4.78, 5) is 0. The van der Waals surface area contributed by atoms with Crippen molar-refractivity contribution in [3.05, 3.63) is 42.2 Å². The molecule has 3 rings (SSSR count). The lowest BCUT2D eigenvalue weighted by Gasteiger charge is -2.29. The molecule has 0 saturated carbocycles. The van der Waals surface area contributed by atoms with Gasteiger partial charge in [0.2, 0.25) is 0 Å². The van der Waals surface area contributed by atoms with Crippen molar-refractivity contribution < 1.29 is 0 Å². The fourth-order valence-electron chi connectivity index (χ4n) is 2.72. The Hall–Kier alpha value is -1.68. The van der Waals surface area contributed by atoms with E-state index in [1.807, 2.05) is 29.1 Å². The molecule has 0 radical (unpaired) electrons. The highest BCUT2D eigenvalue weighted by Gasteiger charge is 2.26. The van der Waals surface area contributed by atoms with Gasteiger partial charge in [-0.3, -0.25) is 0 Å². The summed E-state index contributed by atoms with van der Waals surface area (Å²) in [7, 11) is 0. The molecule has 2 heterocycles. The Morgan fingerprint density at radius 2 is 2.11 bits per heavy atom. The highest BCUT2D eigenvalue weighted by Crippen LogP contribution is 2.30. The quantitative estimate of drug-likeness (QED) is 0.875. The molecule has 0 spiro atoms. The number of nitrogens with one attached hydrogen (secondary N) is 1. The van der Waals surface area contributed by atoms with E-state index in [-0.39, 0.29) is 0 Å². The summed E-state index contributed by atoms with van der Waals surface area (Å²) in [5, 5.41) is 11.8. The highest BCUT2D eigenvalue weighted by molar-refractivity contribution is 5.32. The van der Waals surface area contributed by atoms with Crippen LogP contribution in [0.1, 0.15) is 25.0 Å². The topological polar surface area (TPSA) is 42.7 Å². The normalized spacial score (nSPS) is 24.1. The standard InChI is InChI=1S/C14H18N4/c1-11-9-15-8-7-13(11)14-10-16-17-18(14)12-5-3-2-4-6-12/h2-6,10-11,13,15H,7-9H2,1H3. The number of para-hydroxylation sites is 1. The minimum Gasteiger partial charge on any atom is -0.316 e. The summed E-state index contributed by atoms with van der Waals surface area (Å²) < 4.78 is 1.98. The van der Waals surface area contributed by atoms with Crippen LogP contribution in [-0.4, -0.2) is 28.1 Å². The van der Waals surface area contributed by atoms with E-state index in [9.17, 15) is 0 Å². The number of benzene rings is 1. The molecule has 2 atom stereocenters. The van der Waals surface area contributed by atoms with Crippen molar-refractivity contribution in [1.82, 2.24) is 20.3 Å². The monoisotopic (exact) mass is 242 g/mol. The van der Waals surface area contributed by atoms with Gasteiger partial charge in [0.25, 0.3) is 0 Å². The van der Waals surface area contributed by atoms with Gasteiger partial charge >= 0.3 is 0 Å². The Labute approximate surface area is 107 Å². The number of rotatable bonds is 2. The third-order valence-electron chi connectivity index (χ3n) is 3.74. The molecular weight excluding hydrogens is 224 g/mol. The second kappa shape index (κ2) is 4.90. The van der Waals surface area contributed by atoms with E-state index < -0.39 is 0 Å². The van der Waals surface area contributed by atoms with Gasteiger partial charge in [-0.05, 0) is 37.6 Å². The summed E-state index contributed by atoms with van der Waals surface area (Å²) in [6, 6.07) is 10.2. The number of piperidine rings is 1. The van der Waals surface area contributed by atoms with Gasteiger partial charge in [-0.25, -0.2) is 4.68 Å². The summed E-state index contributed by atoms with van der Waals surface area (Å²) in [6.07, 6.45) is 3.07. The fourth-order valence-corrected chi connectivity index (χ4v) is 2.72. The van der Waals surface area contributed by atoms with Crippen molar-refractivity contribution in [1.29, 1.82) is 0 Å². The van der Waals surface area contributed by atoms with Crippen molar-refractivity contribution in [2.45, 2.75) is 19.3 Å². The molecule has 1 N–H and O–H groups in total. The SMILES string of the molecule is CC1CNCCC1c1cnnn1-c1ccccc1. The van der Waals surface area contributed by atoms with Crippen molar-refractivity contribution >= 4 is 0 Å². The molecule has 0 aliphatic carbocycles. The van der Waals surface area contributed by atoms with Crippen LogP contribution in [0.15, 0.2) is 36.5 Å². The molecule has 1 saturated heterocycles. The third kappa shape index (κ3) is 2.04. The average Bonchev–Trinajstić information content (AvgIpc) is 2.89. The minimum absolute atomic E-state index is 0.543. The van der Waals surface area contributed by atoms with Crippen molar-refractivity contribution in [3.8, 4) is 5.69 Å². The van der Waals surface area contributed by atoms with Crippen LogP contribution in [0.25, 0.3) is 5.69 Å². The van der Waals surface area contributed by atoms with Gasteiger partial charge < -0.3 is 5.32 Å². The first kappa shape index (κ1) is 11.4. The molecule has 4 heteroatoms. The molecule has 1 aromatic heterocycles. The first-order valence-corrected chi connectivity index (χ1v) is 6.53. The third-order valence-corrected chi connectivity index (χ3v) is 3.74. The van der Waals surface area contributed by atoms with Crippen LogP contribution in [0.4, 0.5) is 0 Å². The molecule has 18 heavy (non-hydrogen) atoms. The van der Waals surface area contributed by atoms with Crippen molar-refractivity contribution in [2.24, 2.45) is 5.92 Å². The zero-order chi connectivity index (χ0) is 12.4. The lowest BCUT2D eigenvalue weighted by Crippen LogP contribution is -2.34. The van der Waals surface area contributed by atoms with Gasteiger partial charge in [0.1, 0.15) is 0 Å². The summed E-state index contributed by atoms with van der Waals surface area (Å²) in [6.45, 7) is 4.44. The predicted molar refractivity (Wildman–Crippen MR) is 70.8 cm³/mol. The molecule has 2 aromatic rings. The lowest BCUT2D eigenvalue weighted by atomic mass is 9.85. The Morgan fingerprint density at radius 3 is 2.89 bits per heavy atom. The van der Waals surface area contributed by atoms with Crippen LogP contribution >= 0.6 is 0 Å². The number of aromatic nitrogens is 3. The van der Waals surface area contributed by atoms with Gasteiger partial charge in [-0.1, -0.05) is 30.3 Å². The summed E-state index contributed by atoms with van der Waals surface area (Å²) in [5.41, 5.74) is 2.32. The Bertz CT molecular complexity index is 506. The second-order valence-corrected chi connectivity index (χ2v) is 4.98. The predicted octanol–water partition coefficient (Wildman–Crippen LogP) is 1.98. The second-order valence-electron chi connectivity index (χ2n) is 4.98. The van der Waals surface area contributed by atoms with Crippen LogP contribution in [0.3, 0.4) is 0 Å².